The molecule has 0 aliphatic heterocycles. The molecule has 108 valence electrons. The van der Waals surface area contributed by atoms with Crippen LogP contribution in [0.5, 0.6) is 0 Å². The summed E-state index contributed by atoms with van der Waals surface area (Å²) in [5, 5.41) is 12.3. The number of aromatic nitrogens is 2. The second kappa shape index (κ2) is 5.62. The summed E-state index contributed by atoms with van der Waals surface area (Å²) in [5.74, 6) is 0.671. The van der Waals surface area contributed by atoms with Gasteiger partial charge in [0, 0.05) is 18.0 Å². The van der Waals surface area contributed by atoms with E-state index in [1.165, 1.54) is 11.3 Å². The number of urea groups is 1. The van der Waals surface area contributed by atoms with E-state index >= 15 is 0 Å². The molecule has 0 aliphatic carbocycles. The summed E-state index contributed by atoms with van der Waals surface area (Å²) >= 11 is 1.51. The Labute approximate surface area is 121 Å². The summed E-state index contributed by atoms with van der Waals surface area (Å²) in [7, 11) is 0. The molecule has 7 heteroatoms. The number of hydrogen-bond donors (Lipinski definition) is 2. The van der Waals surface area contributed by atoms with E-state index in [0.717, 1.165) is 5.01 Å². The number of carbonyl (C=O) groups is 1. The summed E-state index contributed by atoms with van der Waals surface area (Å²) in [4.78, 5) is 16.4. The minimum Gasteiger partial charge on any atom is -0.359 e. The highest BCUT2D eigenvalue weighted by Crippen LogP contribution is 2.23. The standard InChI is InChI=1S/C13H18N4O2S/c1-5-9-10(8(2)17-19-9)15-12(18)16-13(3,4)11-14-6-7-20-11/h6-7H,5H2,1-4H3,(H2,15,16,18). The number of carbonyl (C=O) groups excluding carboxylic acids is 1. The van der Waals surface area contributed by atoms with E-state index in [2.05, 4.69) is 20.8 Å². The molecule has 0 saturated carbocycles. The SMILES string of the molecule is CCc1onc(C)c1NC(=O)NC(C)(C)c1nccs1. The Morgan fingerprint density at radius 1 is 1.50 bits per heavy atom. The van der Waals surface area contributed by atoms with Gasteiger partial charge in [0.2, 0.25) is 0 Å². The number of rotatable bonds is 4. The van der Waals surface area contributed by atoms with Crippen molar-refractivity contribution < 1.29 is 9.32 Å². The van der Waals surface area contributed by atoms with Gasteiger partial charge in [0.1, 0.15) is 16.4 Å². The number of thiazole rings is 1. The fourth-order valence-electron chi connectivity index (χ4n) is 1.83. The third-order valence-corrected chi connectivity index (χ3v) is 3.98. The molecule has 20 heavy (non-hydrogen) atoms. The van der Waals surface area contributed by atoms with E-state index in [9.17, 15) is 4.79 Å². The average molecular weight is 294 g/mol. The molecule has 6 nitrogen and oxygen atoms in total. The van der Waals surface area contributed by atoms with E-state index in [0.29, 0.717) is 23.6 Å². The van der Waals surface area contributed by atoms with Crippen molar-refractivity contribution >= 4 is 23.1 Å². The number of nitrogens with zero attached hydrogens (tertiary/aromatic N) is 2. The first kappa shape index (κ1) is 14.5. The third-order valence-electron chi connectivity index (χ3n) is 2.89. The van der Waals surface area contributed by atoms with Gasteiger partial charge >= 0.3 is 6.03 Å². The van der Waals surface area contributed by atoms with Gasteiger partial charge in [0.25, 0.3) is 0 Å². The highest BCUT2D eigenvalue weighted by atomic mass is 32.1. The molecule has 0 radical (unpaired) electrons. The van der Waals surface area contributed by atoms with Gasteiger partial charge in [-0.1, -0.05) is 12.1 Å². The molecular weight excluding hydrogens is 276 g/mol. The molecule has 0 aromatic carbocycles. The summed E-state index contributed by atoms with van der Waals surface area (Å²) < 4.78 is 5.15. The normalized spacial score (nSPS) is 11.4. The molecule has 0 saturated heterocycles. The van der Waals surface area contributed by atoms with Crippen LogP contribution >= 0.6 is 11.3 Å². The van der Waals surface area contributed by atoms with Crippen molar-refractivity contribution in [1.29, 1.82) is 0 Å². The Bertz CT molecular complexity index is 590. The summed E-state index contributed by atoms with van der Waals surface area (Å²) in [5.41, 5.74) is 0.777. The molecule has 0 spiro atoms. The zero-order chi connectivity index (χ0) is 14.8. The molecule has 2 amide bonds. The second-order valence-electron chi connectivity index (χ2n) is 4.96. The Morgan fingerprint density at radius 3 is 2.85 bits per heavy atom. The van der Waals surface area contributed by atoms with Crippen LogP contribution in [-0.2, 0) is 12.0 Å². The number of aryl methyl sites for hydroxylation is 2. The summed E-state index contributed by atoms with van der Waals surface area (Å²) in [6.45, 7) is 7.56. The van der Waals surface area contributed by atoms with Gasteiger partial charge in [0.05, 0.1) is 5.54 Å². The lowest BCUT2D eigenvalue weighted by Gasteiger charge is -2.23. The number of hydrogen-bond acceptors (Lipinski definition) is 5. The van der Waals surface area contributed by atoms with E-state index in [-0.39, 0.29) is 6.03 Å². The van der Waals surface area contributed by atoms with Crippen LogP contribution in [-0.4, -0.2) is 16.2 Å². The Balaban J connectivity index is 2.08. The number of anilines is 1. The maximum Gasteiger partial charge on any atom is 0.320 e. The molecule has 0 bridgehead atoms. The lowest BCUT2D eigenvalue weighted by Crippen LogP contribution is -2.43. The minimum absolute atomic E-state index is 0.300. The maximum atomic E-state index is 12.1. The van der Waals surface area contributed by atoms with Crippen LogP contribution in [0.15, 0.2) is 16.1 Å². The first-order valence-electron chi connectivity index (χ1n) is 6.38. The molecule has 0 aliphatic rings. The predicted octanol–water partition coefficient (Wildman–Crippen LogP) is 3.06. The Kier molecular flexibility index (Phi) is 4.08. The van der Waals surface area contributed by atoms with Crippen molar-refractivity contribution in [3.8, 4) is 0 Å². The van der Waals surface area contributed by atoms with Gasteiger partial charge in [-0.15, -0.1) is 11.3 Å². The summed E-state index contributed by atoms with van der Waals surface area (Å²) in [6, 6.07) is -0.300. The quantitative estimate of drug-likeness (QED) is 0.908. The van der Waals surface area contributed by atoms with Crippen LogP contribution in [0.2, 0.25) is 0 Å². The van der Waals surface area contributed by atoms with Crippen LogP contribution < -0.4 is 10.6 Å². The first-order chi connectivity index (χ1) is 9.44. The molecular formula is C13H18N4O2S. The van der Waals surface area contributed by atoms with E-state index in [1.54, 1.807) is 13.1 Å². The third kappa shape index (κ3) is 2.98. The number of nitrogens with one attached hydrogen (secondary N) is 2. The van der Waals surface area contributed by atoms with Crippen molar-refractivity contribution in [2.24, 2.45) is 0 Å². The van der Waals surface area contributed by atoms with Crippen molar-refractivity contribution in [3.63, 3.8) is 0 Å². The van der Waals surface area contributed by atoms with E-state index in [1.807, 2.05) is 26.2 Å². The van der Waals surface area contributed by atoms with Crippen molar-refractivity contribution in [3.05, 3.63) is 28.0 Å². The predicted molar refractivity (Wildman–Crippen MR) is 77.9 cm³/mol. The molecule has 2 aromatic rings. The van der Waals surface area contributed by atoms with Crippen molar-refractivity contribution in [2.45, 2.75) is 39.7 Å². The second-order valence-corrected chi connectivity index (χ2v) is 5.86. The van der Waals surface area contributed by atoms with Gasteiger partial charge < -0.3 is 15.2 Å². The topological polar surface area (TPSA) is 80.0 Å². The molecule has 2 N–H and O–H groups in total. The molecule has 0 fully saturated rings. The van der Waals surface area contributed by atoms with Gasteiger partial charge in [-0.05, 0) is 20.8 Å². The maximum absolute atomic E-state index is 12.1. The smallest absolute Gasteiger partial charge is 0.320 e. The van der Waals surface area contributed by atoms with Crippen molar-refractivity contribution in [1.82, 2.24) is 15.5 Å². The minimum atomic E-state index is -0.532. The molecule has 2 heterocycles. The largest absolute Gasteiger partial charge is 0.359 e. The highest BCUT2D eigenvalue weighted by Gasteiger charge is 2.26. The fraction of sp³-hybridized carbons (Fsp3) is 0.462. The number of amides is 2. The van der Waals surface area contributed by atoms with Crippen LogP contribution in [0, 0.1) is 6.92 Å². The molecule has 2 aromatic heterocycles. The molecule has 0 unspecified atom stereocenters. The van der Waals surface area contributed by atoms with Crippen LogP contribution in [0.4, 0.5) is 10.5 Å². The van der Waals surface area contributed by atoms with E-state index < -0.39 is 5.54 Å². The van der Waals surface area contributed by atoms with Crippen LogP contribution in [0.1, 0.15) is 37.2 Å². The average Bonchev–Trinajstić information content (AvgIpc) is 3.00. The van der Waals surface area contributed by atoms with Gasteiger partial charge in [0.15, 0.2) is 5.76 Å². The van der Waals surface area contributed by atoms with Gasteiger partial charge in [-0.3, -0.25) is 0 Å². The lowest BCUT2D eigenvalue weighted by atomic mass is 10.1. The van der Waals surface area contributed by atoms with Crippen LogP contribution in [0.25, 0.3) is 0 Å². The summed E-state index contributed by atoms with van der Waals surface area (Å²) in [6.07, 6.45) is 2.40. The van der Waals surface area contributed by atoms with Crippen LogP contribution in [0.3, 0.4) is 0 Å². The first-order valence-corrected chi connectivity index (χ1v) is 7.26. The highest BCUT2D eigenvalue weighted by molar-refractivity contribution is 7.09. The zero-order valence-electron chi connectivity index (χ0n) is 12.0. The van der Waals surface area contributed by atoms with Crippen molar-refractivity contribution in [2.75, 3.05) is 5.32 Å². The molecule has 2 rings (SSSR count). The molecule has 0 atom stereocenters. The Hall–Kier alpha value is -1.89. The monoisotopic (exact) mass is 294 g/mol. The van der Waals surface area contributed by atoms with E-state index in [4.69, 9.17) is 4.52 Å². The fourth-order valence-corrected chi connectivity index (χ4v) is 2.55. The lowest BCUT2D eigenvalue weighted by molar-refractivity contribution is 0.241. The Morgan fingerprint density at radius 2 is 2.25 bits per heavy atom. The van der Waals surface area contributed by atoms with Gasteiger partial charge in [-0.25, -0.2) is 9.78 Å². The van der Waals surface area contributed by atoms with Gasteiger partial charge in [-0.2, -0.15) is 0 Å². The zero-order valence-corrected chi connectivity index (χ0v) is 12.8.